The lowest BCUT2D eigenvalue weighted by Gasteiger charge is -2.59. The molecule has 1 fully saturated rings. The van der Waals surface area contributed by atoms with Crippen molar-refractivity contribution in [3.8, 4) is 0 Å². The third-order valence-corrected chi connectivity index (χ3v) is 9.15. The molecule has 4 rings (SSSR count). The van der Waals surface area contributed by atoms with E-state index in [1.54, 1.807) is 28.8 Å². The number of hydrogen-bond donors (Lipinski definition) is 3. The highest BCUT2D eigenvalue weighted by Gasteiger charge is 2.77. The fourth-order valence-corrected chi connectivity index (χ4v) is 7.29. The fraction of sp³-hybridized carbons (Fsp3) is 0.586. The Kier molecular flexibility index (Phi) is 9.43. The molecular weight excluding hydrogens is 571 g/mol. The molecule has 0 saturated carbocycles. The number of benzene rings is 1. The molecule has 0 unspecified atom stereocenters. The molecule has 1 aromatic carbocycles. The van der Waals surface area contributed by atoms with Crippen LogP contribution in [0, 0.1) is 23.7 Å². The summed E-state index contributed by atoms with van der Waals surface area (Å²) in [7, 11) is 3.21. The highest BCUT2D eigenvalue weighted by Crippen LogP contribution is 2.61. The van der Waals surface area contributed by atoms with Crippen LogP contribution in [0.3, 0.4) is 0 Å². The second-order valence-electron chi connectivity index (χ2n) is 12.1. The molecule has 13 heteroatoms. The van der Waals surface area contributed by atoms with Crippen LogP contribution in [-0.4, -0.2) is 77.6 Å². The van der Waals surface area contributed by atoms with Crippen LogP contribution in [0.15, 0.2) is 43.0 Å². The van der Waals surface area contributed by atoms with Crippen LogP contribution in [0.1, 0.15) is 72.0 Å². The topological polar surface area (TPSA) is 141 Å². The van der Waals surface area contributed by atoms with E-state index in [2.05, 4.69) is 30.0 Å². The highest BCUT2D eigenvalue weighted by molar-refractivity contribution is 6.85. The van der Waals surface area contributed by atoms with Gasteiger partial charge in [0.15, 0.2) is 23.2 Å². The van der Waals surface area contributed by atoms with Crippen molar-refractivity contribution in [1.29, 1.82) is 0 Å². The second-order valence-corrected chi connectivity index (χ2v) is 13.0. The second kappa shape index (κ2) is 12.2. The van der Waals surface area contributed by atoms with Gasteiger partial charge in [0.25, 0.3) is 15.2 Å². The van der Waals surface area contributed by atoms with Crippen LogP contribution in [0.2, 0.25) is 0 Å². The quantitative estimate of drug-likeness (QED) is 0.169. The summed E-state index contributed by atoms with van der Waals surface area (Å²) in [6.07, 6.45) is 0.267. The lowest BCUT2D eigenvalue weighted by atomic mass is 9.54. The van der Waals surface area contributed by atoms with Gasteiger partial charge >= 0.3 is 0 Å². The van der Waals surface area contributed by atoms with Gasteiger partial charge in [0.05, 0.1) is 16.1 Å². The van der Waals surface area contributed by atoms with Crippen molar-refractivity contribution in [2.45, 2.75) is 84.5 Å². The van der Waals surface area contributed by atoms with Crippen LogP contribution in [0.5, 0.6) is 0 Å². The number of carbonyl (C=O) groups excluding carboxylic acids is 1. The van der Waals surface area contributed by atoms with Crippen molar-refractivity contribution < 1.29 is 29.2 Å². The standard InChI is InChI=1S/C29H40N5O6Si2/c1-16(2)27(37)22(35)26(38-29(27,19(7)8)28(17(3)4,18(5)6)39-40-42-41)34-15-32-21-23(30-14-31-24(21)34)33-25(36)20-12-10-9-11-13-20/h9-19,22,26,35,37H,1-8H3,(H,30,31,33,36)/t22-,26+,27-,29-/m0/s1. The van der Waals surface area contributed by atoms with Gasteiger partial charge in [-0.1, -0.05) is 73.6 Å². The Morgan fingerprint density at radius 2 is 1.71 bits per heavy atom. The van der Waals surface area contributed by atoms with Gasteiger partial charge < -0.3 is 20.3 Å². The lowest BCUT2D eigenvalue weighted by molar-refractivity contribution is -0.403. The summed E-state index contributed by atoms with van der Waals surface area (Å²) in [6, 6.07) is 8.77. The molecule has 11 nitrogen and oxygen atoms in total. The fourth-order valence-electron chi connectivity index (χ4n) is 6.99. The van der Waals surface area contributed by atoms with Gasteiger partial charge in [-0.05, 0) is 35.8 Å². The molecular formula is C29H40N5O6Si2. The number of nitrogens with one attached hydrogen (secondary N) is 1. The monoisotopic (exact) mass is 610 g/mol. The van der Waals surface area contributed by atoms with Crippen molar-refractivity contribution in [3.63, 3.8) is 0 Å². The molecule has 2 aromatic heterocycles. The van der Waals surface area contributed by atoms with E-state index < -0.39 is 35.1 Å². The number of fused-ring (bicyclic) bond motifs is 1. The first-order chi connectivity index (χ1) is 19.8. The first-order valence-electron chi connectivity index (χ1n) is 14.2. The Bertz CT molecular complexity index is 1380. The summed E-state index contributed by atoms with van der Waals surface area (Å²) in [6.45, 7) is 15.6. The number of anilines is 1. The van der Waals surface area contributed by atoms with E-state index in [1.165, 1.54) is 12.7 Å². The maximum Gasteiger partial charge on any atom is 0.256 e. The SMILES string of the molecule is CC(C)C(OO[Si][Si])(C(C)C)[C@@]1(C(C)C)O[C@@H](n2cnc3c(NC(=O)c4ccccc4)ncnc32)[C@H](O)[C@@]1(O)C(C)C. The molecule has 3 N–H and O–H groups in total. The summed E-state index contributed by atoms with van der Waals surface area (Å²) >= 11 is 0. The van der Waals surface area contributed by atoms with Crippen LogP contribution in [0.25, 0.3) is 11.2 Å². The third kappa shape index (κ3) is 4.75. The Hall–Kier alpha value is -2.53. The molecule has 1 aliphatic rings. The zero-order valence-corrected chi connectivity index (χ0v) is 27.3. The van der Waals surface area contributed by atoms with Crippen molar-refractivity contribution in [2.24, 2.45) is 23.7 Å². The van der Waals surface area contributed by atoms with Gasteiger partial charge in [-0.25, -0.2) is 19.8 Å². The minimum atomic E-state index is -1.80. The summed E-state index contributed by atoms with van der Waals surface area (Å²) in [5.41, 5.74) is -3.36. The largest absolute Gasteiger partial charge is 0.385 e. The number of aliphatic hydroxyl groups excluding tert-OH is 1. The molecule has 5 radical (unpaired) electrons. The maximum atomic E-state index is 12.9. The smallest absolute Gasteiger partial charge is 0.256 e. The Balaban J connectivity index is 1.88. The number of hydrogen-bond acceptors (Lipinski definition) is 9. The van der Waals surface area contributed by atoms with E-state index in [4.69, 9.17) is 14.2 Å². The van der Waals surface area contributed by atoms with E-state index in [9.17, 15) is 15.0 Å². The lowest BCUT2D eigenvalue weighted by Crippen LogP contribution is -2.76. The normalized spacial score (nSPS) is 24.9. The number of aromatic nitrogens is 4. The summed E-state index contributed by atoms with van der Waals surface area (Å²) < 4.78 is 14.2. The minimum absolute atomic E-state index is 0.156. The first kappa shape index (κ1) is 32.4. The van der Waals surface area contributed by atoms with Crippen molar-refractivity contribution in [2.75, 3.05) is 5.32 Å². The van der Waals surface area contributed by atoms with Crippen molar-refractivity contribution in [1.82, 2.24) is 19.5 Å². The zero-order chi connectivity index (χ0) is 31.0. The Labute approximate surface area is 252 Å². The molecule has 3 aromatic rings. The van der Waals surface area contributed by atoms with Crippen LogP contribution < -0.4 is 5.32 Å². The Morgan fingerprint density at radius 3 is 2.26 bits per heavy atom. The van der Waals surface area contributed by atoms with Crippen molar-refractivity contribution in [3.05, 3.63) is 48.5 Å². The number of nitrogens with zero attached hydrogens (tertiary/aromatic N) is 4. The number of imidazole rings is 1. The molecule has 4 atom stereocenters. The maximum absolute atomic E-state index is 12.9. The molecule has 0 aliphatic carbocycles. The number of rotatable bonds is 11. The van der Waals surface area contributed by atoms with E-state index >= 15 is 0 Å². The predicted octanol–water partition coefficient (Wildman–Crippen LogP) is 3.45. The van der Waals surface area contributed by atoms with E-state index in [0.717, 1.165) is 0 Å². The van der Waals surface area contributed by atoms with Gasteiger partial charge in [0, 0.05) is 5.56 Å². The molecule has 0 bridgehead atoms. The first-order valence-corrected chi connectivity index (χ1v) is 16.6. The number of aliphatic hydroxyl groups is 2. The van der Waals surface area contributed by atoms with Gasteiger partial charge in [-0.2, -0.15) is 0 Å². The number of ether oxygens (including phenoxy) is 1. The molecule has 3 heterocycles. The highest BCUT2D eigenvalue weighted by atomic mass is 29.1. The Morgan fingerprint density at radius 1 is 1.07 bits per heavy atom. The molecule has 0 spiro atoms. The van der Waals surface area contributed by atoms with Gasteiger partial charge in [-0.3, -0.25) is 13.9 Å². The zero-order valence-electron chi connectivity index (χ0n) is 25.3. The summed E-state index contributed by atoms with van der Waals surface area (Å²) in [4.78, 5) is 32.3. The van der Waals surface area contributed by atoms with Crippen molar-refractivity contribution >= 4 is 41.9 Å². The van der Waals surface area contributed by atoms with E-state index in [1.807, 2.05) is 61.5 Å². The average Bonchev–Trinajstić information content (AvgIpc) is 3.48. The van der Waals surface area contributed by atoms with Gasteiger partial charge in [0.1, 0.15) is 29.2 Å². The number of amides is 1. The molecule has 42 heavy (non-hydrogen) atoms. The van der Waals surface area contributed by atoms with Gasteiger partial charge in [0.2, 0.25) is 0 Å². The molecule has 1 saturated heterocycles. The van der Waals surface area contributed by atoms with Crippen LogP contribution >= 0.6 is 0 Å². The summed E-state index contributed by atoms with van der Waals surface area (Å²) in [5.74, 6) is -1.36. The van der Waals surface area contributed by atoms with E-state index in [-0.39, 0.29) is 38.8 Å². The van der Waals surface area contributed by atoms with Gasteiger partial charge in [-0.15, -0.1) is 0 Å². The minimum Gasteiger partial charge on any atom is -0.385 e. The number of carbonyl (C=O) groups is 1. The predicted molar refractivity (Wildman–Crippen MR) is 159 cm³/mol. The third-order valence-electron chi connectivity index (χ3n) is 8.73. The molecule has 1 aliphatic heterocycles. The van der Waals surface area contributed by atoms with Crippen LogP contribution in [0.4, 0.5) is 5.82 Å². The molecule has 1 amide bonds. The van der Waals surface area contributed by atoms with Crippen LogP contribution in [-0.2, 0) is 14.2 Å². The van der Waals surface area contributed by atoms with E-state index in [0.29, 0.717) is 16.7 Å². The average molecular weight is 611 g/mol. The summed E-state index contributed by atoms with van der Waals surface area (Å²) in [5, 5.41) is 27.6. The molecule has 225 valence electrons.